The van der Waals surface area contributed by atoms with E-state index in [0.29, 0.717) is 12.8 Å². The summed E-state index contributed by atoms with van der Waals surface area (Å²) in [5.41, 5.74) is 0. The quantitative estimate of drug-likeness (QED) is 0.0364. The lowest BCUT2D eigenvalue weighted by molar-refractivity contribution is -0.124. The minimum atomic E-state index is -1.16. The van der Waals surface area contributed by atoms with Crippen molar-refractivity contribution in [3.63, 3.8) is 0 Å². The fraction of sp³-hybridized carbons (Fsp3) is 0.906. The molecule has 58 heavy (non-hydrogen) atoms. The number of rotatable bonds is 48. The van der Waals surface area contributed by atoms with Crippen molar-refractivity contribution >= 4 is 5.91 Å². The first-order valence-corrected chi connectivity index (χ1v) is 26.1. The molecular weight excluding hydrogens is 715 g/mol. The fourth-order valence-corrected chi connectivity index (χ4v) is 8.24. The fourth-order valence-electron chi connectivity index (χ4n) is 8.24. The Morgan fingerprint density at radius 1 is 0.414 bits per heavy atom. The third kappa shape index (κ3) is 42.9. The van der Waals surface area contributed by atoms with Gasteiger partial charge in [-0.1, -0.05) is 250 Å². The number of aliphatic hydroxyl groups is 3. The van der Waals surface area contributed by atoms with Crippen molar-refractivity contribution in [1.82, 2.24) is 5.32 Å². The van der Waals surface area contributed by atoms with E-state index in [1.807, 2.05) is 0 Å². The standard InChI is InChI=1S/C53H103NO4/c1-3-5-7-9-11-13-15-17-19-21-23-24-25-26-27-28-29-30-32-34-36-38-40-42-44-46-48-52(57)54-50(49-55)53(58)51(56)47-45-43-41-39-37-35-33-31-22-20-18-16-14-12-10-8-6-4-2/h31,33,39,41,50-51,53,55-56,58H,3-30,32,34-38,40,42-49H2,1-2H3,(H,54,57)/b33-31+,41-39+. The Morgan fingerprint density at radius 2 is 0.707 bits per heavy atom. The smallest absolute Gasteiger partial charge is 0.220 e. The third-order valence-corrected chi connectivity index (χ3v) is 12.3. The molecule has 0 saturated heterocycles. The molecular formula is C53H103NO4. The first-order valence-electron chi connectivity index (χ1n) is 26.1. The van der Waals surface area contributed by atoms with Crippen LogP contribution in [-0.2, 0) is 4.79 Å². The molecule has 344 valence electrons. The first-order chi connectivity index (χ1) is 28.6. The van der Waals surface area contributed by atoms with Crippen molar-refractivity contribution in [2.24, 2.45) is 0 Å². The maximum atomic E-state index is 12.5. The lowest BCUT2D eigenvalue weighted by Gasteiger charge is -2.26. The molecule has 5 nitrogen and oxygen atoms in total. The van der Waals surface area contributed by atoms with Crippen molar-refractivity contribution < 1.29 is 20.1 Å². The van der Waals surface area contributed by atoms with Gasteiger partial charge in [-0.05, 0) is 51.4 Å². The molecule has 0 spiro atoms. The number of carbonyl (C=O) groups excluding carboxylic acids is 1. The molecule has 0 bridgehead atoms. The van der Waals surface area contributed by atoms with E-state index in [2.05, 4.69) is 43.5 Å². The lowest BCUT2D eigenvalue weighted by atomic mass is 10.0. The van der Waals surface area contributed by atoms with Gasteiger partial charge < -0.3 is 20.6 Å². The summed E-state index contributed by atoms with van der Waals surface area (Å²) < 4.78 is 0. The number of allylic oxidation sites excluding steroid dienone is 4. The van der Waals surface area contributed by atoms with Gasteiger partial charge in [0.1, 0.15) is 6.10 Å². The first kappa shape index (κ1) is 56.8. The summed E-state index contributed by atoms with van der Waals surface area (Å²) in [5.74, 6) is -0.153. The van der Waals surface area contributed by atoms with Crippen LogP contribution in [0.1, 0.15) is 284 Å². The van der Waals surface area contributed by atoms with Gasteiger partial charge >= 0.3 is 0 Å². The maximum absolute atomic E-state index is 12.5. The Bertz CT molecular complexity index is 859. The van der Waals surface area contributed by atoms with Crippen LogP contribution in [0.25, 0.3) is 0 Å². The van der Waals surface area contributed by atoms with Crippen LogP contribution in [0.2, 0.25) is 0 Å². The minimum Gasteiger partial charge on any atom is -0.394 e. The normalized spacial score (nSPS) is 13.5. The highest BCUT2D eigenvalue weighted by Crippen LogP contribution is 2.17. The SMILES string of the molecule is CCCCCCCCCCC/C=C/CC/C=C/CCCC(O)C(O)C(CO)NC(=O)CCCCCCCCCCCCCCCCCCCCCCCCCCCC. The molecule has 0 radical (unpaired) electrons. The predicted octanol–water partition coefficient (Wildman–Crippen LogP) is 15.7. The molecule has 0 aliphatic carbocycles. The van der Waals surface area contributed by atoms with Crippen molar-refractivity contribution in [1.29, 1.82) is 0 Å². The average molecular weight is 818 g/mol. The molecule has 3 unspecified atom stereocenters. The van der Waals surface area contributed by atoms with Gasteiger partial charge in [0.15, 0.2) is 0 Å². The summed E-state index contributed by atoms with van der Waals surface area (Å²) in [6.45, 7) is 4.19. The van der Waals surface area contributed by atoms with E-state index >= 15 is 0 Å². The van der Waals surface area contributed by atoms with Crippen LogP contribution in [0.5, 0.6) is 0 Å². The number of amides is 1. The highest BCUT2D eigenvalue weighted by molar-refractivity contribution is 5.76. The van der Waals surface area contributed by atoms with Crippen molar-refractivity contribution in [3.05, 3.63) is 24.3 Å². The van der Waals surface area contributed by atoms with Crippen LogP contribution >= 0.6 is 0 Å². The number of carbonyl (C=O) groups is 1. The molecule has 0 saturated carbocycles. The van der Waals surface area contributed by atoms with Gasteiger partial charge in [0.2, 0.25) is 5.91 Å². The molecule has 0 aromatic heterocycles. The molecule has 0 heterocycles. The van der Waals surface area contributed by atoms with Gasteiger partial charge in [0.25, 0.3) is 0 Å². The second-order valence-electron chi connectivity index (χ2n) is 18.1. The number of nitrogens with one attached hydrogen (secondary N) is 1. The van der Waals surface area contributed by atoms with Crippen LogP contribution in [0.3, 0.4) is 0 Å². The summed E-state index contributed by atoms with van der Waals surface area (Å²) in [6.07, 6.45) is 60.3. The highest BCUT2D eigenvalue weighted by atomic mass is 16.3. The van der Waals surface area contributed by atoms with E-state index in [-0.39, 0.29) is 12.5 Å². The Morgan fingerprint density at radius 3 is 1.05 bits per heavy atom. The molecule has 4 N–H and O–H groups in total. The number of unbranched alkanes of at least 4 members (excludes halogenated alkanes) is 36. The molecule has 0 fully saturated rings. The molecule has 0 aliphatic rings. The van der Waals surface area contributed by atoms with Crippen molar-refractivity contribution in [2.45, 2.75) is 302 Å². The number of hydrogen-bond donors (Lipinski definition) is 4. The zero-order chi connectivity index (χ0) is 42.3. The predicted molar refractivity (Wildman–Crippen MR) is 255 cm³/mol. The molecule has 0 aliphatic heterocycles. The third-order valence-electron chi connectivity index (χ3n) is 12.3. The van der Waals surface area contributed by atoms with E-state index in [4.69, 9.17) is 0 Å². The van der Waals surface area contributed by atoms with Crippen LogP contribution < -0.4 is 5.32 Å². The Balaban J connectivity index is 3.57. The van der Waals surface area contributed by atoms with Gasteiger partial charge in [0.05, 0.1) is 18.8 Å². The lowest BCUT2D eigenvalue weighted by Crippen LogP contribution is -2.50. The minimum absolute atomic E-state index is 0.153. The van der Waals surface area contributed by atoms with E-state index < -0.39 is 18.2 Å². The second-order valence-corrected chi connectivity index (χ2v) is 18.1. The van der Waals surface area contributed by atoms with E-state index in [0.717, 1.165) is 44.9 Å². The van der Waals surface area contributed by atoms with Crippen LogP contribution in [0, 0.1) is 0 Å². The van der Waals surface area contributed by atoms with Crippen LogP contribution in [-0.4, -0.2) is 46.1 Å². The Kier molecular flexibility index (Phi) is 47.5. The number of aliphatic hydroxyl groups excluding tert-OH is 3. The van der Waals surface area contributed by atoms with Crippen molar-refractivity contribution in [2.75, 3.05) is 6.61 Å². The summed E-state index contributed by atoms with van der Waals surface area (Å²) in [5, 5.41) is 33.6. The summed E-state index contributed by atoms with van der Waals surface area (Å²) in [6, 6.07) is -0.829. The summed E-state index contributed by atoms with van der Waals surface area (Å²) in [4.78, 5) is 12.5. The van der Waals surface area contributed by atoms with E-state index in [9.17, 15) is 20.1 Å². The topological polar surface area (TPSA) is 89.8 Å². The van der Waals surface area contributed by atoms with Gasteiger partial charge in [-0.2, -0.15) is 0 Å². The highest BCUT2D eigenvalue weighted by Gasteiger charge is 2.26. The molecule has 0 rings (SSSR count). The van der Waals surface area contributed by atoms with Crippen LogP contribution in [0.15, 0.2) is 24.3 Å². The number of hydrogen-bond acceptors (Lipinski definition) is 4. The van der Waals surface area contributed by atoms with Gasteiger partial charge in [-0.3, -0.25) is 4.79 Å². The van der Waals surface area contributed by atoms with Gasteiger partial charge in [-0.25, -0.2) is 0 Å². The molecule has 3 atom stereocenters. The summed E-state index contributed by atoms with van der Waals surface area (Å²) in [7, 11) is 0. The maximum Gasteiger partial charge on any atom is 0.220 e. The molecule has 5 heteroatoms. The molecule has 1 amide bonds. The Hall–Kier alpha value is -1.17. The molecule has 0 aromatic carbocycles. The van der Waals surface area contributed by atoms with Gasteiger partial charge in [-0.15, -0.1) is 0 Å². The molecule has 0 aromatic rings. The van der Waals surface area contributed by atoms with Crippen LogP contribution in [0.4, 0.5) is 0 Å². The largest absolute Gasteiger partial charge is 0.394 e. The van der Waals surface area contributed by atoms with E-state index in [1.165, 1.54) is 212 Å². The average Bonchev–Trinajstić information content (AvgIpc) is 3.23. The van der Waals surface area contributed by atoms with Gasteiger partial charge in [0, 0.05) is 6.42 Å². The monoisotopic (exact) mass is 818 g/mol. The second kappa shape index (κ2) is 48.5. The van der Waals surface area contributed by atoms with E-state index in [1.54, 1.807) is 0 Å². The zero-order valence-corrected chi connectivity index (χ0v) is 39.2. The Labute approximate surface area is 362 Å². The summed E-state index contributed by atoms with van der Waals surface area (Å²) >= 11 is 0. The zero-order valence-electron chi connectivity index (χ0n) is 39.2. The van der Waals surface area contributed by atoms with Crippen molar-refractivity contribution in [3.8, 4) is 0 Å².